The Morgan fingerprint density at radius 3 is 2.50 bits per heavy atom. The number of carbonyl (C=O) groups excluding carboxylic acids is 2. The molecule has 0 aliphatic carbocycles. The van der Waals surface area contributed by atoms with Gasteiger partial charge in [0.1, 0.15) is 23.9 Å². The molecule has 8 nitrogen and oxygen atoms in total. The second-order valence-corrected chi connectivity index (χ2v) is 9.13. The maximum Gasteiger partial charge on any atom is 0.318 e. The zero-order valence-corrected chi connectivity index (χ0v) is 20.4. The molecule has 1 unspecified atom stereocenters. The van der Waals surface area contributed by atoms with E-state index in [1.54, 1.807) is 43.5 Å². The third-order valence-electron chi connectivity index (χ3n) is 5.35. The van der Waals surface area contributed by atoms with E-state index in [2.05, 4.69) is 10.4 Å². The Hall–Kier alpha value is -3.62. The first-order chi connectivity index (χ1) is 16.0. The fourth-order valence-electron chi connectivity index (χ4n) is 3.69. The van der Waals surface area contributed by atoms with Crippen LogP contribution in [-0.4, -0.2) is 60.9 Å². The van der Waals surface area contributed by atoms with Crippen molar-refractivity contribution in [2.24, 2.45) is 5.10 Å². The standard InChI is InChI=1S/C25H31FN4O4/c1-25(2,3)27-24(32)29(4)15-23(31)30-21(17-9-7-8-10-19(17)26)14-20(28-30)18-12-11-16(33-5)13-22(18)34-6/h7-13,21H,14-15H2,1-6H3,(H,27,32). The van der Waals surface area contributed by atoms with Gasteiger partial charge in [-0.25, -0.2) is 14.2 Å². The van der Waals surface area contributed by atoms with E-state index in [1.165, 1.54) is 30.1 Å². The van der Waals surface area contributed by atoms with Crippen molar-refractivity contribution in [1.29, 1.82) is 0 Å². The number of benzene rings is 2. The van der Waals surface area contributed by atoms with Crippen LogP contribution in [0.1, 0.15) is 44.4 Å². The average molecular weight is 471 g/mol. The summed E-state index contributed by atoms with van der Waals surface area (Å²) in [5.74, 6) is 0.287. The van der Waals surface area contributed by atoms with E-state index in [4.69, 9.17) is 9.47 Å². The number of nitrogens with one attached hydrogen (secondary N) is 1. The molecule has 9 heteroatoms. The maximum atomic E-state index is 14.7. The topological polar surface area (TPSA) is 83.5 Å². The summed E-state index contributed by atoms with van der Waals surface area (Å²) in [6.07, 6.45) is 0.285. The number of urea groups is 1. The maximum absolute atomic E-state index is 14.7. The van der Waals surface area contributed by atoms with Gasteiger partial charge in [0, 0.05) is 36.2 Å². The Kier molecular flexibility index (Phi) is 7.44. The van der Waals surface area contributed by atoms with Crippen LogP contribution >= 0.6 is 0 Å². The van der Waals surface area contributed by atoms with E-state index >= 15 is 0 Å². The van der Waals surface area contributed by atoms with Crippen LogP contribution in [0.4, 0.5) is 9.18 Å². The van der Waals surface area contributed by atoms with E-state index in [1.807, 2.05) is 20.8 Å². The highest BCUT2D eigenvalue weighted by Crippen LogP contribution is 2.37. The fraction of sp³-hybridized carbons (Fsp3) is 0.400. The molecular weight excluding hydrogens is 439 g/mol. The van der Waals surface area contributed by atoms with E-state index in [-0.39, 0.29) is 19.0 Å². The summed E-state index contributed by atoms with van der Waals surface area (Å²) in [5.41, 5.74) is 1.15. The second kappa shape index (κ2) is 10.1. The van der Waals surface area contributed by atoms with Crippen LogP contribution in [-0.2, 0) is 4.79 Å². The number of hydrazone groups is 1. The zero-order chi connectivity index (χ0) is 25.0. The van der Waals surface area contributed by atoms with Crippen LogP contribution in [0, 0.1) is 5.82 Å². The van der Waals surface area contributed by atoms with Crippen LogP contribution in [0.3, 0.4) is 0 Å². The van der Waals surface area contributed by atoms with Gasteiger partial charge >= 0.3 is 6.03 Å². The van der Waals surface area contributed by atoms with E-state index < -0.39 is 23.3 Å². The number of amides is 3. The molecular formula is C25H31FN4O4. The molecule has 0 bridgehead atoms. The van der Waals surface area contributed by atoms with Crippen LogP contribution in [0.25, 0.3) is 0 Å². The van der Waals surface area contributed by atoms with Crippen LogP contribution in [0.5, 0.6) is 11.5 Å². The quantitative estimate of drug-likeness (QED) is 0.693. The lowest BCUT2D eigenvalue weighted by molar-refractivity contribution is -0.133. The summed E-state index contributed by atoms with van der Waals surface area (Å²) < 4.78 is 25.5. The molecule has 3 amide bonds. The van der Waals surface area contributed by atoms with Gasteiger partial charge in [-0.1, -0.05) is 18.2 Å². The minimum atomic E-state index is -0.658. The number of rotatable bonds is 6. The lowest BCUT2D eigenvalue weighted by atomic mass is 9.97. The number of carbonyl (C=O) groups is 2. The van der Waals surface area contributed by atoms with Crippen molar-refractivity contribution in [2.45, 2.75) is 38.8 Å². The number of methoxy groups -OCH3 is 2. The van der Waals surface area contributed by atoms with Crippen molar-refractivity contribution < 1.29 is 23.5 Å². The molecule has 1 heterocycles. The van der Waals surface area contributed by atoms with Crippen molar-refractivity contribution in [1.82, 2.24) is 15.2 Å². The zero-order valence-electron chi connectivity index (χ0n) is 20.4. The lowest BCUT2D eigenvalue weighted by Gasteiger charge is -2.28. The summed E-state index contributed by atoms with van der Waals surface area (Å²) in [6.45, 7) is 5.35. The fourth-order valence-corrected chi connectivity index (χ4v) is 3.69. The summed E-state index contributed by atoms with van der Waals surface area (Å²) in [4.78, 5) is 27.0. The van der Waals surface area contributed by atoms with Crippen molar-refractivity contribution >= 4 is 17.6 Å². The van der Waals surface area contributed by atoms with Crippen molar-refractivity contribution in [2.75, 3.05) is 27.8 Å². The third kappa shape index (κ3) is 5.65. The van der Waals surface area contributed by atoms with Crippen LogP contribution in [0.2, 0.25) is 0 Å². The van der Waals surface area contributed by atoms with Crippen molar-refractivity contribution in [3.05, 3.63) is 59.4 Å². The molecule has 0 fully saturated rings. The number of hydrogen-bond donors (Lipinski definition) is 1. The van der Waals surface area contributed by atoms with Gasteiger partial charge in [-0.2, -0.15) is 5.10 Å². The molecule has 1 aliphatic rings. The van der Waals surface area contributed by atoms with Gasteiger partial charge in [0.25, 0.3) is 5.91 Å². The Balaban J connectivity index is 1.94. The van der Waals surface area contributed by atoms with Gasteiger partial charge in [-0.05, 0) is 39.0 Å². The second-order valence-electron chi connectivity index (χ2n) is 9.13. The predicted molar refractivity (Wildman–Crippen MR) is 128 cm³/mol. The van der Waals surface area contributed by atoms with Crippen LogP contribution in [0.15, 0.2) is 47.6 Å². The highest BCUT2D eigenvalue weighted by molar-refractivity contribution is 6.05. The lowest BCUT2D eigenvalue weighted by Crippen LogP contribution is -2.49. The van der Waals surface area contributed by atoms with E-state index in [9.17, 15) is 14.0 Å². The van der Waals surface area contributed by atoms with Crippen molar-refractivity contribution in [3.63, 3.8) is 0 Å². The first-order valence-electron chi connectivity index (χ1n) is 10.9. The molecule has 182 valence electrons. The Bertz CT molecular complexity index is 1100. The number of halogens is 1. The van der Waals surface area contributed by atoms with Gasteiger partial charge in [-0.15, -0.1) is 0 Å². The molecule has 1 atom stereocenters. The van der Waals surface area contributed by atoms with Gasteiger partial charge in [0.05, 0.1) is 26.0 Å². The van der Waals surface area contributed by atoms with Gasteiger partial charge in [0.2, 0.25) is 0 Å². The average Bonchev–Trinajstić information content (AvgIpc) is 3.22. The minimum absolute atomic E-state index is 0.219. The smallest absolute Gasteiger partial charge is 0.318 e. The van der Waals surface area contributed by atoms with E-state index in [0.29, 0.717) is 28.3 Å². The predicted octanol–water partition coefficient (Wildman–Crippen LogP) is 3.96. The summed E-state index contributed by atoms with van der Waals surface area (Å²) in [6, 6.07) is 10.6. The molecule has 0 radical (unpaired) electrons. The van der Waals surface area contributed by atoms with Crippen molar-refractivity contribution in [3.8, 4) is 11.5 Å². The van der Waals surface area contributed by atoms with E-state index in [0.717, 1.165) is 0 Å². The molecule has 34 heavy (non-hydrogen) atoms. The Labute approximate surface area is 199 Å². The molecule has 2 aromatic carbocycles. The summed E-state index contributed by atoms with van der Waals surface area (Å²) in [5, 5.41) is 8.64. The first kappa shape index (κ1) is 25.0. The number of ether oxygens (including phenoxy) is 2. The molecule has 0 saturated heterocycles. The normalized spacial score (nSPS) is 15.6. The molecule has 0 spiro atoms. The Morgan fingerprint density at radius 2 is 1.88 bits per heavy atom. The molecule has 2 aromatic rings. The first-order valence-corrected chi connectivity index (χ1v) is 10.9. The Morgan fingerprint density at radius 1 is 1.18 bits per heavy atom. The molecule has 3 rings (SSSR count). The molecule has 1 aliphatic heterocycles. The summed E-state index contributed by atoms with van der Waals surface area (Å²) in [7, 11) is 4.63. The molecule has 0 aromatic heterocycles. The van der Waals surface area contributed by atoms with Crippen LogP contribution < -0.4 is 14.8 Å². The van der Waals surface area contributed by atoms with Gasteiger partial charge in [-0.3, -0.25) is 4.79 Å². The molecule has 0 saturated carbocycles. The number of likely N-dealkylation sites (N-methyl/N-ethyl adjacent to an activating group) is 1. The third-order valence-corrected chi connectivity index (χ3v) is 5.35. The number of nitrogens with zero attached hydrogens (tertiary/aromatic N) is 3. The SMILES string of the molecule is COc1ccc(C2=NN(C(=O)CN(C)C(=O)NC(C)(C)C)C(c3ccccc3F)C2)c(OC)c1. The number of hydrogen-bond acceptors (Lipinski definition) is 5. The highest BCUT2D eigenvalue weighted by atomic mass is 19.1. The molecule has 1 N–H and O–H groups in total. The largest absolute Gasteiger partial charge is 0.497 e. The minimum Gasteiger partial charge on any atom is -0.497 e. The monoisotopic (exact) mass is 470 g/mol. The highest BCUT2D eigenvalue weighted by Gasteiger charge is 2.36. The van der Waals surface area contributed by atoms with Gasteiger partial charge < -0.3 is 19.7 Å². The van der Waals surface area contributed by atoms with Gasteiger partial charge in [0.15, 0.2) is 0 Å². The summed E-state index contributed by atoms with van der Waals surface area (Å²) >= 11 is 0.